The Kier molecular flexibility index (Phi) is 17.6. The normalized spacial score (nSPS) is 10.6. The van der Waals surface area contributed by atoms with Gasteiger partial charge in [-0.2, -0.15) is 0 Å². The molecular formula is C42H35NOP2Ru. The van der Waals surface area contributed by atoms with Crippen molar-refractivity contribution in [1.29, 1.82) is 0 Å². The Bertz CT molecular complexity index is 1450. The summed E-state index contributed by atoms with van der Waals surface area (Å²) in [6.45, 7) is 0. The first kappa shape index (κ1) is 37.1. The van der Waals surface area contributed by atoms with E-state index in [0.717, 1.165) is 0 Å². The SMILES string of the molecule is [CH]1C=CC=C1.[N-]=C=O.[Ru+].c1ccc(P(c2ccccc2)c2ccccc2)cc1.c1ccc(P(c2ccccc2)c2ccccc2)cc1. The van der Waals surface area contributed by atoms with E-state index in [1.54, 1.807) is 0 Å². The van der Waals surface area contributed by atoms with Crippen molar-refractivity contribution in [3.8, 4) is 0 Å². The Morgan fingerprint density at radius 1 is 0.340 bits per heavy atom. The van der Waals surface area contributed by atoms with Gasteiger partial charge in [0.15, 0.2) is 0 Å². The maximum atomic E-state index is 8.24. The minimum atomic E-state index is -0.446. The molecule has 0 aliphatic heterocycles. The summed E-state index contributed by atoms with van der Waals surface area (Å²) >= 11 is 0. The first-order chi connectivity index (χ1) is 22.8. The third-order valence-corrected chi connectivity index (χ3v) is 11.5. The van der Waals surface area contributed by atoms with Crippen LogP contribution >= 0.6 is 15.8 Å². The second-order valence-corrected chi connectivity index (χ2v) is 14.2. The average molecular weight is 733 g/mol. The van der Waals surface area contributed by atoms with Crippen LogP contribution in [-0.4, -0.2) is 6.08 Å². The number of hydrogen-bond donors (Lipinski definition) is 0. The van der Waals surface area contributed by atoms with Crippen molar-refractivity contribution in [2.45, 2.75) is 0 Å². The minimum Gasteiger partial charge on any atom is -0.724 e. The third-order valence-electron chi connectivity index (χ3n) is 6.64. The quantitative estimate of drug-likeness (QED) is 0.0739. The molecule has 0 heterocycles. The zero-order chi connectivity index (χ0) is 32.1. The molecule has 6 aromatic rings. The topological polar surface area (TPSA) is 39.4 Å². The molecule has 0 N–H and O–H groups in total. The van der Waals surface area contributed by atoms with Gasteiger partial charge in [-0.05, 0) is 53.8 Å². The van der Waals surface area contributed by atoms with Crippen LogP contribution in [0.25, 0.3) is 5.41 Å². The second kappa shape index (κ2) is 22.2. The Balaban J connectivity index is 0.000000204. The number of hydrogen-bond acceptors (Lipinski definition) is 1. The fourth-order valence-electron chi connectivity index (χ4n) is 4.68. The van der Waals surface area contributed by atoms with Crippen molar-refractivity contribution < 1.29 is 24.3 Å². The number of allylic oxidation sites excluding steroid dienone is 4. The summed E-state index contributed by atoms with van der Waals surface area (Å²) in [4.78, 5) is 8.24. The largest absolute Gasteiger partial charge is 1.00 e. The summed E-state index contributed by atoms with van der Waals surface area (Å²) in [6.07, 6.45) is 10.5. The molecule has 0 fully saturated rings. The van der Waals surface area contributed by atoms with Gasteiger partial charge in [-0.25, -0.2) is 0 Å². The van der Waals surface area contributed by atoms with Crippen molar-refractivity contribution in [3.05, 3.63) is 218 Å². The molecule has 0 spiro atoms. The van der Waals surface area contributed by atoms with Gasteiger partial charge in [0.25, 0.3) is 0 Å². The predicted octanol–water partition coefficient (Wildman–Crippen LogP) is 8.10. The third kappa shape index (κ3) is 12.4. The van der Waals surface area contributed by atoms with Gasteiger partial charge >= 0.3 is 19.5 Å². The molecule has 0 bridgehead atoms. The van der Waals surface area contributed by atoms with E-state index in [-0.39, 0.29) is 19.5 Å². The minimum absolute atomic E-state index is 0. The Morgan fingerprint density at radius 3 is 0.638 bits per heavy atom. The van der Waals surface area contributed by atoms with Gasteiger partial charge in [-0.1, -0.05) is 206 Å². The smallest absolute Gasteiger partial charge is 0.724 e. The molecule has 47 heavy (non-hydrogen) atoms. The van der Waals surface area contributed by atoms with E-state index in [2.05, 4.69) is 182 Å². The van der Waals surface area contributed by atoms with Crippen molar-refractivity contribution >= 4 is 53.8 Å². The van der Waals surface area contributed by atoms with Crippen LogP contribution < -0.4 is 31.8 Å². The number of nitrogens with zero attached hydrogens (tertiary/aromatic N) is 1. The summed E-state index contributed by atoms with van der Waals surface area (Å²) in [5.41, 5.74) is 0. The Morgan fingerprint density at radius 2 is 0.511 bits per heavy atom. The Hall–Kier alpha value is -4.34. The van der Waals surface area contributed by atoms with Crippen LogP contribution in [0.5, 0.6) is 0 Å². The zero-order valence-electron chi connectivity index (χ0n) is 25.8. The monoisotopic (exact) mass is 733 g/mol. The standard InChI is InChI=1S/2C18H15P.C5H5.CNO.Ru/c2*1-4-10-16(11-5-1)19(17-12-6-2-7-13-17)18-14-8-3-9-15-18;1-2-4-5-3-1;2-1-3;/h2*1-15H;1-5H;;/q;;;-1;+1. The van der Waals surface area contributed by atoms with Crippen molar-refractivity contribution in [1.82, 2.24) is 0 Å². The summed E-state index contributed by atoms with van der Waals surface area (Å²) in [7, 11) is -0.892. The van der Waals surface area contributed by atoms with Crippen LogP contribution in [0.2, 0.25) is 0 Å². The van der Waals surface area contributed by atoms with Crippen molar-refractivity contribution in [2.75, 3.05) is 0 Å². The molecule has 1 aliphatic rings. The van der Waals surface area contributed by atoms with Crippen LogP contribution in [-0.2, 0) is 24.3 Å². The number of isocyanates is 1. The molecule has 0 aromatic heterocycles. The van der Waals surface area contributed by atoms with E-state index in [1.165, 1.54) is 31.8 Å². The molecule has 7 rings (SSSR count). The molecule has 0 unspecified atom stereocenters. The van der Waals surface area contributed by atoms with Gasteiger partial charge in [0.05, 0.1) is 0 Å². The molecular weight excluding hydrogens is 697 g/mol. The summed E-state index contributed by atoms with van der Waals surface area (Å²) in [6, 6.07) is 64.7. The van der Waals surface area contributed by atoms with Crippen LogP contribution in [0.15, 0.2) is 206 Å². The van der Waals surface area contributed by atoms with Crippen LogP contribution in [0, 0.1) is 6.42 Å². The van der Waals surface area contributed by atoms with Gasteiger partial charge in [-0.3, -0.25) is 4.79 Å². The molecule has 2 nitrogen and oxygen atoms in total. The number of rotatable bonds is 6. The van der Waals surface area contributed by atoms with E-state index < -0.39 is 15.8 Å². The average Bonchev–Trinajstić information content (AvgIpc) is 3.73. The van der Waals surface area contributed by atoms with Crippen molar-refractivity contribution in [3.63, 3.8) is 0 Å². The zero-order valence-corrected chi connectivity index (χ0v) is 29.3. The van der Waals surface area contributed by atoms with Gasteiger partial charge in [0.2, 0.25) is 0 Å². The number of benzene rings is 6. The molecule has 0 amide bonds. The first-order valence-corrected chi connectivity index (χ1v) is 17.6. The molecule has 0 atom stereocenters. The van der Waals surface area contributed by atoms with Gasteiger partial charge < -0.3 is 5.41 Å². The maximum Gasteiger partial charge on any atom is 1.00 e. The fraction of sp³-hybridized carbons (Fsp3) is 0. The van der Waals surface area contributed by atoms with Crippen LogP contribution in [0.1, 0.15) is 0 Å². The summed E-state index contributed by atoms with van der Waals surface area (Å²) < 4.78 is 0. The summed E-state index contributed by atoms with van der Waals surface area (Å²) in [5.74, 6) is 0. The van der Waals surface area contributed by atoms with Gasteiger partial charge in [-0.15, -0.1) is 0 Å². The van der Waals surface area contributed by atoms with Crippen molar-refractivity contribution in [2.24, 2.45) is 0 Å². The van der Waals surface area contributed by atoms with E-state index in [1.807, 2.05) is 30.7 Å². The van der Waals surface area contributed by atoms with Gasteiger partial charge in [0, 0.05) is 6.42 Å². The summed E-state index contributed by atoms with van der Waals surface area (Å²) in [5, 5.41) is 15.2. The van der Waals surface area contributed by atoms with E-state index in [0.29, 0.717) is 6.08 Å². The van der Waals surface area contributed by atoms with E-state index in [9.17, 15) is 0 Å². The fourth-order valence-corrected chi connectivity index (χ4v) is 9.29. The molecule has 1 aliphatic carbocycles. The van der Waals surface area contributed by atoms with E-state index >= 15 is 0 Å². The number of carbonyl (C=O) groups excluding carboxylic acids is 1. The van der Waals surface area contributed by atoms with Crippen LogP contribution in [0.4, 0.5) is 0 Å². The molecule has 2 radical (unpaired) electrons. The molecule has 0 saturated carbocycles. The first-order valence-electron chi connectivity index (χ1n) is 14.9. The molecule has 0 saturated heterocycles. The maximum absolute atomic E-state index is 8.24. The second-order valence-electron chi connectivity index (χ2n) is 9.74. The predicted molar refractivity (Wildman–Crippen MR) is 202 cm³/mol. The molecule has 5 heteroatoms. The Labute approximate surface area is 294 Å². The van der Waals surface area contributed by atoms with Gasteiger partial charge in [0.1, 0.15) is 0 Å². The van der Waals surface area contributed by atoms with E-state index in [4.69, 9.17) is 10.2 Å². The van der Waals surface area contributed by atoms with Crippen LogP contribution in [0.3, 0.4) is 0 Å². The molecule has 232 valence electrons. The molecule has 6 aromatic carbocycles.